The number of nitrogens with two attached hydrogens (primary N) is 1. The molecule has 0 aromatic heterocycles. The van der Waals surface area contributed by atoms with Crippen molar-refractivity contribution >= 4 is 0 Å². The third kappa shape index (κ3) is 5.25. The number of phenolic OH excluding ortho intramolecular Hbond substituents is 1. The summed E-state index contributed by atoms with van der Waals surface area (Å²) in [5.74, 6) is 1.13. The van der Waals surface area contributed by atoms with Gasteiger partial charge in [0.05, 0.1) is 12.1 Å². The van der Waals surface area contributed by atoms with Crippen LogP contribution >= 0.6 is 0 Å². The first-order valence-electron chi connectivity index (χ1n) is 8.40. The fourth-order valence-corrected chi connectivity index (χ4v) is 2.53. The van der Waals surface area contributed by atoms with Gasteiger partial charge >= 0.3 is 0 Å². The first-order chi connectivity index (χ1) is 11.5. The highest BCUT2D eigenvalue weighted by Crippen LogP contribution is 2.30. The number of rotatable bonds is 8. The van der Waals surface area contributed by atoms with Crippen LogP contribution in [0.15, 0.2) is 48.5 Å². The maximum Gasteiger partial charge on any atom is 0.124 e. The molecular weight excluding hydrogens is 302 g/mol. The average molecular weight is 329 g/mol. The highest BCUT2D eigenvalue weighted by atomic mass is 16.5. The van der Waals surface area contributed by atoms with Gasteiger partial charge in [-0.3, -0.25) is 0 Å². The van der Waals surface area contributed by atoms with Crippen molar-refractivity contribution in [3.05, 3.63) is 59.7 Å². The number of aliphatic hydroxyl groups excluding tert-OH is 1. The van der Waals surface area contributed by atoms with Crippen molar-refractivity contribution in [2.75, 3.05) is 0 Å². The van der Waals surface area contributed by atoms with Crippen LogP contribution in [0.3, 0.4) is 0 Å². The van der Waals surface area contributed by atoms with Gasteiger partial charge in [-0.05, 0) is 36.5 Å². The zero-order valence-electron chi connectivity index (χ0n) is 14.4. The fraction of sp³-hybridized carbons (Fsp3) is 0.400. The van der Waals surface area contributed by atoms with Crippen molar-refractivity contribution in [1.29, 1.82) is 0 Å². The number of ether oxygens (including phenoxy) is 1. The second kappa shape index (κ2) is 8.71. The van der Waals surface area contributed by atoms with Gasteiger partial charge < -0.3 is 20.7 Å². The van der Waals surface area contributed by atoms with Crippen LogP contribution in [0.4, 0.5) is 0 Å². The molecule has 0 radical (unpaired) electrons. The van der Waals surface area contributed by atoms with E-state index in [1.165, 1.54) is 0 Å². The van der Waals surface area contributed by atoms with Gasteiger partial charge in [0.15, 0.2) is 0 Å². The van der Waals surface area contributed by atoms with E-state index >= 15 is 0 Å². The lowest BCUT2D eigenvalue weighted by atomic mass is 9.95. The molecule has 2 aromatic carbocycles. The lowest BCUT2D eigenvalue weighted by Gasteiger charge is -2.21. The molecule has 0 amide bonds. The topological polar surface area (TPSA) is 75.7 Å². The lowest BCUT2D eigenvalue weighted by molar-refractivity contribution is 0.127. The molecule has 4 heteroatoms. The molecule has 0 unspecified atom stereocenters. The maximum absolute atomic E-state index is 10.2. The van der Waals surface area contributed by atoms with Gasteiger partial charge in [0, 0.05) is 11.6 Å². The van der Waals surface area contributed by atoms with Crippen LogP contribution in [-0.2, 0) is 6.61 Å². The highest BCUT2D eigenvalue weighted by Gasteiger charge is 2.20. The predicted molar refractivity (Wildman–Crippen MR) is 95.9 cm³/mol. The summed E-state index contributed by atoms with van der Waals surface area (Å²) >= 11 is 0. The summed E-state index contributed by atoms with van der Waals surface area (Å²) in [5, 5.41) is 20.4. The fourth-order valence-electron chi connectivity index (χ4n) is 2.53. The summed E-state index contributed by atoms with van der Waals surface area (Å²) in [5.41, 5.74) is 7.69. The number of hydrogen-bond donors (Lipinski definition) is 3. The van der Waals surface area contributed by atoms with Crippen molar-refractivity contribution < 1.29 is 14.9 Å². The standard InChI is InChI=1S/C20H27NO3/c1-14(2)8-11-18(22)20(21)17-10-9-16(12-19(17)23)24-13-15-6-4-3-5-7-15/h3-7,9-10,12,14,18,20,22-23H,8,11,13,21H2,1-2H3/t18-,20+/m0/s1. The molecule has 2 atom stereocenters. The zero-order chi connectivity index (χ0) is 17.5. The minimum Gasteiger partial charge on any atom is -0.507 e. The Morgan fingerprint density at radius 1 is 1.04 bits per heavy atom. The number of phenols is 1. The molecule has 4 nitrogen and oxygen atoms in total. The Bertz CT molecular complexity index is 628. The Labute approximate surface area is 143 Å². The van der Waals surface area contributed by atoms with Crippen LogP contribution < -0.4 is 10.5 Å². The van der Waals surface area contributed by atoms with E-state index in [-0.39, 0.29) is 5.75 Å². The maximum atomic E-state index is 10.2. The summed E-state index contributed by atoms with van der Waals surface area (Å²) in [4.78, 5) is 0. The molecule has 24 heavy (non-hydrogen) atoms. The van der Waals surface area contributed by atoms with Crippen molar-refractivity contribution in [2.45, 2.75) is 45.4 Å². The van der Waals surface area contributed by atoms with Crippen molar-refractivity contribution in [1.82, 2.24) is 0 Å². The average Bonchev–Trinajstić information content (AvgIpc) is 2.58. The van der Waals surface area contributed by atoms with Gasteiger partial charge in [-0.25, -0.2) is 0 Å². The van der Waals surface area contributed by atoms with E-state index in [2.05, 4.69) is 13.8 Å². The molecule has 130 valence electrons. The normalized spacial score (nSPS) is 13.7. The van der Waals surface area contributed by atoms with Crippen LogP contribution in [0.1, 0.15) is 43.9 Å². The van der Waals surface area contributed by atoms with Gasteiger partial charge in [-0.2, -0.15) is 0 Å². The van der Waals surface area contributed by atoms with Crippen molar-refractivity contribution in [2.24, 2.45) is 11.7 Å². The smallest absolute Gasteiger partial charge is 0.124 e. The highest BCUT2D eigenvalue weighted by molar-refractivity contribution is 5.41. The number of aliphatic hydroxyl groups is 1. The summed E-state index contributed by atoms with van der Waals surface area (Å²) in [6.45, 7) is 4.64. The van der Waals surface area contributed by atoms with E-state index in [0.717, 1.165) is 12.0 Å². The van der Waals surface area contributed by atoms with E-state index in [1.54, 1.807) is 18.2 Å². The summed E-state index contributed by atoms with van der Waals surface area (Å²) in [6.07, 6.45) is 0.840. The second-order valence-corrected chi connectivity index (χ2v) is 6.56. The van der Waals surface area contributed by atoms with E-state index in [9.17, 15) is 10.2 Å². The van der Waals surface area contributed by atoms with Crippen LogP contribution in [0, 0.1) is 5.92 Å². The van der Waals surface area contributed by atoms with Gasteiger partial charge in [0.1, 0.15) is 18.1 Å². The monoisotopic (exact) mass is 329 g/mol. The summed E-state index contributed by atoms with van der Waals surface area (Å²) in [7, 11) is 0. The predicted octanol–water partition coefficient (Wildman–Crippen LogP) is 3.77. The van der Waals surface area contributed by atoms with E-state index in [0.29, 0.717) is 30.3 Å². The number of hydrogen-bond acceptors (Lipinski definition) is 4. The summed E-state index contributed by atoms with van der Waals surface area (Å²) < 4.78 is 5.68. The van der Waals surface area contributed by atoms with Gasteiger partial charge in [0.2, 0.25) is 0 Å². The van der Waals surface area contributed by atoms with E-state index in [4.69, 9.17) is 10.5 Å². The molecule has 2 aromatic rings. The van der Waals surface area contributed by atoms with Crippen molar-refractivity contribution in [3.63, 3.8) is 0 Å². The van der Waals surface area contributed by atoms with Crippen LogP contribution in [0.5, 0.6) is 11.5 Å². The summed E-state index contributed by atoms with van der Waals surface area (Å²) in [6, 6.07) is 14.3. The Kier molecular flexibility index (Phi) is 6.64. The lowest BCUT2D eigenvalue weighted by Crippen LogP contribution is -2.26. The van der Waals surface area contributed by atoms with Gasteiger partial charge in [0.25, 0.3) is 0 Å². The van der Waals surface area contributed by atoms with Crippen LogP contribution in [-0.4, -0.2) is 16.3 Å². The molecule has 0 saturated heterocycles. The molecule has 0 bridgehead atoms. The Hall–Kier alpha value is -2.04. The Balaban J connectivity index is 1.98. The molecule has 0 heterocycles. The molecule has 0 aliphatic carbocycles. The zero-order valence-corrected chi connectivity index (χ0v) is 14.4. The van der Waals surface area contributed by atoms with Crippen molar-refractivity contribution in [3.8, 4) is 11.5 Å². The first-order valence-corrected chi connectivity index (χ1v) is 8.40. The molecule has 0 saturated carbocycles. The van der Waals surface area contributed by atoms with Gasteiger partial charge in [-0.15, -0.1) is 0 Å². The molecule has 2 rings (SSSR count). The molecule has 0 fully saturated rings. The third-order valence-electron chi connectivity index (χ3n) is 4.06. The SMILES string of the molecule is CC(C)CC[C@H](O)[C@H](N)c1ccc(OCc2ccccc2)cc1O. The molecule has 4 N–H and O–H groups in total. The second-order valence-electron chi connectivity index (χ2n) is 6.56. The largest absolute Gasteiger partial charge is 0.507 e. The molecule has 0 aliphatic heterocycles. The van der Waals surface area contributed by atoms with E-state index < -0.39 is 12.1 Å². The quantitative estimate of drug-likeness (QED) is 0.689. The molecule has 0 spiro atoms. The molecular formula is C20H27NO3. The minimum atomic E-state index is -0.672. The van der Waals surface area contributed by atoms with Crippen LogP contribution in [0.25, 0.3) is 0 Å². The Morgan fingerprint density at radius 3 is 2.38 bits per heavy atom. The van der Waals surface area contributed by atoms with E-state index in [1.807, 2.05) is 30.3 Å². The minimum absolute atomic E-state index is 0.0525. The third-order valence-corrected chi connectivity index (χ3v) is 4.06. The van der Waals surface area contributed by atoms with Gasteiger partial charge in [-0.1, -0.05) is 44.2 Å². The Morgan fingerprint density at radius 2 is 1.75 bits per heavy atom. The van der Waals surface area contributed by atoms with Crippen LogP contribution in [0.2, 0.25) is 0 Å². The number of aromatic hydroxyl groups is 1. The first kappa shape index (κ1) is 18.3. The number of benzene rings is 2. The molecule has 0 aliphatic rings.